The molecule has 0 saturated carbocycles. The first-order chi connectivity index (χ1) is 9.99. The second kappa shape index (κ2) is 6.98. The minimum atomic E-state index is 0.246. The molecule has 0 amide bonds. The second-order valence-electron chi connectivity index (χ2n) is 6.14. The van der Waals surface area contributed by atoms with E-state index in [1.807, 2.05) is 41.2 Å². The summed E-state index contributed by atoms with van der Waals surface area (Å²) in [4.78, 5) is 11.4. The molecule has 2 rings (SSSR count). The van der Waals surface area contributed by atoms with Gasteiger partial charge < -0.3 is 14.2 Å². The van der Waals surface area contributed by atoms with Crippen LogP contribution in [-0.4, -0.2) is 68.5 Å². The summed E-state index contributed by atoms with van der Waals surface area (Å²) in [6.45, 7) is 5.01. The van der Waals surface area contributed by atoms with Gasteiger partial charge in [0.25, 0.3) is 0 Å². The van der Waals surface area contributed by atoms with E-state index in [2.05, 4.69) is 20.8 Å². The highest BCUT2D eigenvalue weighted by Crippen LogP contribution is 2.27. The van der Waals surface area contributed by atoms with Crippen LogP contribution in [0.15, 0.2) is 21.5 Å². The van der Waals surface area contributed by atoms with Crippen molar-refractivity contribution in [2.45, 2.75) is 25.8 Å². The minimum Gasteiger partial charge on any atom is -0.465 e. The Hall–Kier alpha value is -1.49. The molecule has 0 bridgehead atoms. The van der Waals surface area contributed by atoms with Crippen molar-refractivity contribution in [3.05, 3.63) is 23.7 Å². The quantitative estimate of drug-likeness (QED) is 0.629. The summed E-state index contributed by atoms with van der Waals surface area (Å²) in [6, 6.07) is 4.39. The number of hydrogen-bond acceptors (Lipinski definition) is 3. The fourth-order valence-electron chi connectivity index (χ4n) is 2.92. The van der Waals surface area contributed by atoms with Gasteiger partial charge in [0.05, 0.1) is 12.6 Å². The van der Waals surface area contributed by atoms with E-state index in [4.69, 9.17) is 9.41 Å². The number of likely N-dealkylation sites (tertiary alicyclic amines) is 1. The van der Waals surface area contributed by atoms with Gasteiger partial charge >= 0.3 is 0 Å². The third-order valence-electron chi connectivity index (χ3n) is 3.88. The monoisotopic (exact) mass is 292 g/mol. The number of nitrogens with zero attached hydrogens (tertiary/aromatic N) is 4. The van der Waals surface area contributed by atoms with Crippen molar-refractivity contribution in [2.24, 2.45) is 4.99 Å². The van der Waals surface area contributed by atoms with Crippen LogP contribution in [0, 0.1) is 6.92 Å². The van der Waals surface area contributed by atoms with E-state index in [-0.39, 0.29) is 6.04 Å². The van der Waals surface area contributed by atoms with Gasteiger partial charge in [-0.05, 0) is 45.0 Å². The molecule has 1 saturated heterocycles. The molecule has 0 spiro atoms. The second-order valence-corrected chi connectivity index (χ2v) is 6.14. The van der Waals surface area contributed by atoms with Crippen LogP contribution in [-0.2, 0) is 0 Å². The maximum absolute atomic E-state index is 5.87. The Morgan fingerprint density at radius 3 is 2.29 bits per heavy atom. The molecule has 1 atom stereocenters. The summed E-state index contributed by atoms with van der Waals surface area (Å²) in [7, 11) is 8.11. The van der Waals surface area contributed by atoms with Crippen LogP contribution in [0.5, 0.6) is 0 Å². The number of aryl methyl sites for hydroxylation is 1. The van der Waals surface area contributed by atoms with Gasteiger partial charge in [0.2, 0.25) is 0 Å². The molecule has 1 aliphatic heterocycles. The lowest BCUT2D eigenvalue weighted by Crippen LogP contribution is -2.36. The highest BCUT2D eigenvalue weighted by Gasteiger charge is 2.26. The fourth-order valence-corrected chi connectivity index (χ4v) is 2.92. The zero-order chi connectivity index (χ0) is 15.4. The Morgan fingerprint density at radius 1 is 1.19 bits per heavy atom. The first kappa shape index (κ1) is 15.9. The van der Waals surface area contributed by atoms with Crippen LogP contribution >= 0.6 is 0 Å². The van der Waals surface area contributed by atoms with Gasteiger partial charge in [0.15, 0.2) is 5.96 Å². The lowest BCUT2D eigenvalue weighted by Gasteiger charge is -2.27. The van der Waals surface area contributed by atoms with Crippen molar-refractivity contribution in [1.82, 2.24) is 14.7 Å². The average Bonchev–Trinajstić information content (AvgIpc) is 3.05. The molecule has 1 aliphatic rings. The van der Waals surface area contributed by atoms with Crippen molar-refractivity contribution < 1.29 is 4.42 Å². The van der Waals surface area contributed by atoms with E-state index in [0.717, 1.165) is 37.1 Å². The molecule has 0 N–H and O–H groups in total. The number of aliphatic imine (C=N–C) groups is 1. The molecule has 0 unspecified atom stereocenters. The summed E-state index contributed by atoms with van der Waals surface area (Å²) in [5, 5.41) is 0. The Balaban J connectivity index is 2.18. The lowest BCUT2D eigenvalue weighted by atomic mass is 10.2. The van der Waals surface area contributed by atoms with E-state index in [1.54, 1.807) is 0 Å². The normalized spacial score (nSPS) is 16.8. The molecule has 1 fully saturated rings. The fraction of sp³-hybridized carbons (Fsp3) is 0.688. The molecule has 5 heteroatoms. The Morgan fingerprint density at radius 2 is 1.81 bits per heavy atom. The summed E-state index contributed by atoms with van der Waals surface area (Å²) in [5.41, 5.74) is 0. The smallest absolute Gasteiger partial charge is 0.195 e. The van der Waals surface area contributed by atoms with Crippen LogP contribution in [0.25, 0.3) is 0 Å². The van der Waals surface area contributed by atoms with E-state index in [9.17, 15) is 0 Å². The maximum Gasteiger partial charge on any atom is 0.195 e. The minimum absolute atomic E-state index is 0.246. The van der Waals surface area contributed by atoms with Crippen LogP contribution in [0.2, 0.25) is 0 Å². The van der Waals surface area contributed by atoms with Gasteiger partial charge in [-0.2, -0.15) is 0 Å². The van der Waals surface area contributed by atoms with Crippen LogP contribution in [0.1, 0.15) is 30.4 Å². The van der Waals surface area contributed by atoms with Gasteiger partial charge in [-0.15, -0.1) is 0 Å². The largest absolute Gasteiger partial charge is 0.465 e. The third-order valence-corrected chi connectivity index (χ3v) is 3.88. The molecule has 118 valence electrons. The molecule has 1 aromatic heterocycles. The van der Waals surface area contributed by atoms with Crippen molar-refractivity contribution in [2.75, 3.05) is 47.8 Å². The highest BCUT2D eigenvalue weighted by atomic mass is 16.3. The Labute approximate surface area is 128 Å². The topological polar surface area (TPSA) is 35.2 Å². The summed E-state index contributed by atoms with van der Waals surface area (Å²) in [6.07, 6.45) is 2.54. The molecular formula is C16H28N4O. The van der Waals surface area contributed by atoms with Crippen molar-refractivity contribution >= 4 is 5.96 Å². The van der Waals surface area contributed by atoms with Crippen LogP contribution in [0.3, 0.4) is 0 Å². The van der Waals surface area contributed by atoms with E-state index in [1.165, 1.54) is 12.8 Å². The predicted molar refractivity (Wildman–Crippen MR) is 86.7 cm³/mol. The van der Waals surface area contributed by atoms with Crippen LogP contribution < -0.4 is 0 Å². The number of guanidine groups is 1. The third kappa shape index (κ3) is 4.00. The Kier molecular flexibility index (Phi) is 5.28. The van der Waals surface area contributed by atoms with Crippen molar-refractivity contribution in [1.29, 1.82) is 0 Å². The van der Waals surface area contributed by atoms with E-state index in [0.29, 0.717) is 0 Å². The number of furan rings is 1. The maximum atomic E-state index is 5.87. The van der Waals surface area contributed by atoms with Crippen molar-refractivity contribution in [3.8, 4) is 0 Å². The zero-order valence-corrected chi connectivity index (χ0v) is 14.0. The molecule has 0 aromatic carbocycles. The molecule has 5 nitrogen and oxygen atoms in total. The molecule has 0 aliphatic carbocycles. The molecule has 1 aromatic rings. The van der Waals surface area contributed by atoms with Gasteiger partial charge in [-0.25, -0.2) is 0 Å². The standard InChI is InChI=1S/C16H28N4O/c1-13-8-9-15(21-13)14(20-10-6-7-11-20)12-17-16(18(2)3)19(4)5/h8-9,14H,6-7,10-12H2,1-5H3/t14-/m1/s1. The average molecular weight is 292 g/mol. The SMILES string of the molecule is Cc1ccc([C@@H](CN=C(N(C)C)N(C)C)N2CCCC2)o1. The van der Waals surface area contributed by atoms with Gasteiger partial charge in [-0.1, -0.05) is 0 Å². The zero-order valence-electron chi connectivity index (χ0n) is 14.0. The first-order valence-electron chi connectivity index (χ1n) is 7.68. The van der Waals surface area contributed by atoms with Crippen LogP contribution in [0.4, 0.5) is 0 Å². The first-order valence-corrected chi connectivity index (χ1v) is 7.68. The van der Waals surface area contributed by atoms with Crippen molar-refractivity contribution in [3.63, 3.8) is 0 Å². The predicted octanol–water partition coefficient (Wildman–Crippen LogP) is 2.20. The van der Waals surface area contributed by atoms with E-state index < -0.39 is 0 Å². The number of hydrogen-bond donors (Lipinski definition) is 0. The molecule has 21 heavy (non-hydrogen) atoms. The Bertz CT molecular complexity index is 462. The van der Waals surface area contributed by atoms with Gasteiger partial charge in [-0.3, -0.25) is 9.89 Å². The van der Waals surface area contributed by atoms with E-state index >= 15 is 0 Å². The number of rotatable bonds is 4. The summed E-state index contributed by atoms with van der Waals surface area (Å²) < 4.78 is 5.87. The lowest BCUT2D eigenvalue weighted by molar-refractivity contribution is 0.218. The summed E-state index contributed by atoms with van der Waals surface area (Å²) in [5.74, 6) is 3.00. The highest BCUT2D eigenvalue weighted by molar-refractivity contribution is 5.79. The molecular weight excluding hydrogens is 264 g/mol. The molecule has 0 radical (unpaired) electrons. The summed E-state index contributed by atoms with van der Waals surface area (Å²) >= 11 is 0. The molecule has 2 heterocycles. The van der Waals surface area contributed by atoms with Gasteiger partial charge in [0, 0.05) is 28.2 Å². The van der Waals surface area contributed by atoms with Gasteiger partial charge in [0.1, 0.15) is 11.5 Å².